The summed E-state index contributed by atoms with van der Waals surface area (Å²) in [5.74, 6) is -1.87. The van der Waals surface area contributed by atoms with E-state index in [-0.39, 0.29) is 27.7 Å². The number of aromatic carboxylic acids is 1. The predicted molar refractivity (Wildman–Crippen MR) is 104 cm³/mol. The van der Waals surface area contributed by atoms with Gasteiger partial charge in [0, 0.05) is 0 Å². The van der Waals surface area contributed by atoms with Crippen molar-refractivity contribution < 1.29 is 27.7 Å². The molecule has 0 fully saturated rings. The van der Waals surface area contributed by atoms with Crippen LogP contribution >= 0.6 is 11.6 Å². The zero-order valence-electron chi connectivity index (χ0n) is 14.7. The Balaban J connectivity index is 1.94. The van der Waals surface area contributed by atoms with Crippen molar-refractivity contribution in [2.24, 2.45) is 15.3 Å². The smallest absolute Gasteiger partial charge is 0.337 e. The second-order valence-electron chi connectivity index (χ2n) is 5.92. The number of azo groups is 1. The van der Waals surface area contributed by atoms with E-state index in [1.807, 2.05) is 0 Å². The number of rotatable bonds is 5. The number of hydrogen-bond donors (Lipinski definition) is 2. The van der Waals surface area contributed by atoms with Crippen molar-refractivity contribution in [1.29, 1.82) is 0 Å². The molecule has 0 aliphatic carbocycles. The molecule has 1 heterocycles. The normalized spacial score (nSPS) is 17.1. The first kappa shape index (κ1) is 20.6. The van der Waals surface area contributed by atoms with E-state index in [1.54, 1.807) is 6.07 Å². The van der Waals surface area contributed by atoms with E-state index in [2.05, 4.69) is 15.3 Å². The molecule has 0 saturated heterocycles. The fourth-order valence-corrected chi connectivity index (χ4v) is 3.24. The number of hydrogen-bond acceptors (Lipinski definition) is 7. The minimum Gasteiger partial charge on any atom is -0.478 e. The van der Waals surface area contributed by atoms with Gasteiger partial charge in [0.25, 0.3) is 16.0 Å². The lowest BCUT2D eigenvalue weighted by molar-refractivity contribution is -0.117. The Hall–Kier alpha value is -3.15. The third kappa shape index (κ3) is 4.16. The Labute approximate surface area is 169 Å². The van der Waals surface area contributed by atoms with Crippen molar-refractivity contribution in [2.75, 3.05) is 5.01 Å². The van der Waals surface area contributed by atoms with Crippen molar-refractivity contribution in [3.05, 3.63) is 53.1 Å². The molecule has 10 nitrogen and oxygen atoms in total. The zero-order valence-corrected chi connectivity index (χ0v) is 16.3. The summed E-state index contributed by atoms with van der Waals surface area (Å²) in [4.78, 5) is 23.5. The Morgan fingerprint density at radius 3 is 2.59 bits per heavy atom. The minimum absolute atomic E-state index is 0.0242. The summed E-state index contributed by atoms with van der Waals surface area (Å²) in [5, 5.41) is 21.9. The quantitative estimate of drug-likeness (QED) is 0.543. The minimum atomic E-state index is -4.52. The second-order valence-corrected chi connectivity index (χ2v) is 7.75. The second kappa shape index (κ2) is 7.70. The Bertz CT molecular complexity index is 1180. The fourth-order valence-electron chi connectivity index (χ4n) is 2.54. The fraction of sp³-hybridized carbons (Fsp3) is 0.118. The average Bonchev–Trinajstić information content (AvgIpc) is 2.93. The van der Waals surface area contributed by atoms with Gasteiger partial charge in [-0.3, -0.25) is 9.35 Å². The molecule has 2 N–H and O–H groups in total. The van der Waals surface area contributed by atoms with Crippen molar-refractivity contribution >= 4 is 50.7 Å². The van der Waals surface area contributed by atoms with E-state index < -0.39 is 32.9 Å². The van der Waals surface area contributed by atoms with Crippen LogP contribution in [-0.4, -0.2) is 41.7 Å². The number of anilines is 1. The maximum absolute atomic E-state index is 12.7. The van der Waals surface area contributed by atoms with Gasteiger partial charge in [-0.05, 0) is 37.3 Å². The van der Waals surface area contributed by atoms with E-state index in [9.17, 15) is 27.7 Å². The summed E-state index contributed by atoms with van der Waals surface area (Å²) >= 11 is 6.06. The van der Waals surface area contributed by atoms with Crippen molar-refractivity contribution in [3.63, 3.8) is 0 Å². The first-order valence-corrected chi connectivity index (χ1v) is 9.80. The summed E-state index contributed by atoms with van der Waals surface area (Å²) in [6, 6.07) is 8.03. The molecule has 1 atom stereocenters. The first-order valence-electron chi connectivity index (χ1n) is 7.99. The van der Waals surface area contributed by atoms with Gasteiger partial charge in [-0.25, -0.2) is 4.79 Å². The third-order valence-electron chi connectivity index (χ3n) is 3.96. The number of hydrazone groups is 1. The molecule has 1 amide bonds. The molecule has 0 saturated carbocycles. The van der Waals surface area contributed by atoms with E-state index in [0.29, 0.717) is 0 Å². The van der Waals surface area contributed by atoms with Crippen LogP contribution in [-0.2, 0) is 14.9 Å². The Kier molecular flexibility index (Phi) is 5.46. The maximum Gasteiger partial charge on any atom is 0.337 e. The molecule has 0 bridgehead atoms. The largest absolute Gasteiger partial charge is 0.478 e. The highest BCUT2D eigenvalue weighted by atomic mass is 35.5. The van der Waals surface area contributed by atoms with Crippen LogP contribution in [0.5, 0.6) is 0 Å². The molecular formula is C17H13ClN4O6S. The van der Waals surface area contributed by atoms with Crippen LogP contribution in [0, 0.1) is 0 Å². The van der Waals surface area contributed by atoms with Crippen molar-refractivity contribution in [3.8, 4) is 0 Å². The van der Waals surface area contributed by atoms with E-state index in [4.69, 9.17) is 11.6 Å². The summed E-state index contributed by atoms with van der Waals surface area (Å²) < 4.78 is 31.9. The highest BCUT2D eigenvalue weighted by Crippen LogP contribution is 2.32. The number of benzene rings is 2. The number of halogens is 1. The molecule has 12 heteroatoms. The monoisotopic (exact) mass is 436 g/mol. The Morgan fingerprint density at radius 1 is 1.24 bits per heavy atom. The molecular weight excluding hydrogens is 424 g/mol. The number of carboxylic acids is 1. The van der Waals surface area contributed by atoms with Gasteiger partial charge in [0.1, 0.15) is 0 Å². The molecule has 3 rings (SSSR count). The lowest BCUT2D eigenvalue weighted by Gasteiger charge is -2.15. The van der Waals surface area contributed by atoms with Crippen LogP contribution in [0.2, 0.25) is 5.02 Å². The highest BCUT2D eigenvalue weighted by molar-refractivity contribution is 7.85. The number of carbonyl (C=O) groups is 2. The summed E-state index contributed by atoms with van der Waals surface area (Å²) in [7, 11) is -4.52. The first-order chi connectivity index (χ1) is 13.6. The van der Waals surface area contributed by atoms with Gasteiger partial charge >= 0.3 is 5.97 Å². The lowest BCUT2D eigenvalue weighted by Crippen LogP contribution is -2.30. The van der Waals surface area contributed by atoms with Gasteiger partial charge in [0.15, 0.2) is 6.04 Å². The van der Waals surface area contributed by atoms with E-state index >= 15 is 0 Å². The summed E-state index contributed by atoms with van der Waals surface area (Å²) in [6.45, 7) is 1.51. The molecule has 0 radical (unpaired) electrons. The molecule has 0 spiro atoms. The molecule has 2 aromatic carbocycles. The molecule has 1 aliphatic heterocycles. The number of amides is 1. The molecule has 150 valence electrons. The van der Waals surface area contributed by atoms with Crippen LogP contribution in [0.4, 0.5) is 11.4 Å². The van der Waals surface area contributed by atoms with Crippen LogP contribution in [0.25, 0.3) is 0 Å². The van der Waals surface area contributed by atoms with Gasteiger partial charge in [-0.2, -0.15) is 28.8 Å². The summed E-state index contributed by atoms with van der Waals surface area (Å²) in [6.07, 6.45) is 0. The molecule has 1 unspecified atom stereocenters. The third-order valence-corrected chi connectivity index (χ3v) is 5.12. The highest BCUT2D eigenvalue weighted by Gasteiger charge is 2.36. The maximum atomic E-state index is 12.7. The number of carbonyl (C=O) groups excluding carboxylic acids is 1. The summed E-state index contributed by atoms with van der Waals surface area (Å²) in [5.41, 5.74) is 0.150. The van der Waals surface area contributed by atoms with Crippen LogP contribution < -0.4 is 5.01 Å². The van der Waals surface area contributed by atoms with E-state index in [0.717, 1.165) is 17.1 Å². The molecule has 0 aromatic heterocycles. The molecule has 1 aliphatic rings. The number of nitrogens with zero attached hydrogens (tertiary/aromatic N) is 4. The van der Waals surface area contributed by atoms with Crippen LogP contribution in [0.1, 0.15) is 17.3 Å². The van der Waals surface area contributed by atoms with E-state index in [1.165, 1.54) is 31.2 Å². The van der Waals surface area contributed by atoms with Gasteiger partial charge in [0.2, 0.25) is 0 Å². The zero-order chi connectivity index (χ0) is 21.3. The Morgan fingerprint density at radius 2 is 1.93 bits per heavy atom. The lowest BCUT2D eigenvalue weighted by atomic mass is 10.2. The van der Waals surface area contributed by atoms with Crippen molar-refractivity contribution in [2.45, 2.75) is 17.9 Å². The standard InChI is InChI=1S/C17H13ClN4O6S/c1-9-15(20-19-13-5-3-2-4-11(13)17(24)25)16(23)22(21-9)14-8-10(29(26,27)28)6-7-12(14)18/h2-8,15H,1H3,(H,24,25)(H,26,27,28). The molecule has 29 heavy (non-hydrogen) atoms. The predicted octanol–water partition coefficient (Wildman–Crippen LogP) is 3.16. The van der Waals surface area contributed by atoms with Crippen molar-refractivity contribution in [1.82, 2.24) is 0 Å². The van der Waals surface area contributed by atoms with Gasteiger partial charge < -0.3 is 5.11 Å². The topological polar surface area (TPSA) is 149 Å². The van der Waals surface area contributed by atoms with Gasteiger partial charge in [-0.15, -0.1) is 0 Å². The van der Waals surface area contributed by atoms with Crippen LogP contribution in [0.15, 0.2) is 62.7 Å². The SMILES string of the molecule is CC1=NN(c2cc(S(=O)(=O)O)ccc2Cl)C(=O)C1N=Nc1ccccc1C(=O)O. The molecule has 2 aromatic rings. The number of carboxylic acid groups (broad SMARTS) is 1. The average molecular weight is 437 g/mol. The van der Waals surface area contributed by atoms with Crippen LogP contribution in [0.3, 0.4) is 0 Å². The van der Waals surface area contributed by atoms with Gasteiger partial charge in [-0.1, -0.05) is 23.7 Å². The van der Waals surface area contributed by atoms with Gasteiger partial charge in [0.05, 0.1) is 32.6 Å².